The lowest BCUT2D eigenvalue weighted by Gasteiger charge is -2.39. The maximum absolute atomic E-state index is 12.8. The maximum Gasteiger partial charge on any atom is 0.573 e. The van der Waals surface area contributed by atoms with E-state index in [1.807, 2.05) is 0 Å². The Labute approximate surface area is 229 Å². The van der Waals surface area contributed by atoms with Gasteiger partial charge in [-0.05, 0) is 88.9 Å². The van der Waals surface area contributed by atoms with Crippen molar-refractivity contribution in [2.45, 2.75) is 83.4 Å². The molecule has 39 heavy (non-hydrogen) atoms. The van der Waals surface area contributed by atoms with Crippen molar-refractivity contribution < 1.29 is 27.4 Å². The first kappa shape index (κ1) is 29.2. The van der Waals surface area contributed by atoms with Crippen LogP contribution in [-0.2, 0) is 17.8 Å². The van der Waals surface area contributed by atoms with Crippen molar-refractivity contribution >= 4 is 5.91 Å². The second kappa shape index (κ2) is 12.6. The lowest BCUT2D eigenvalue weighted by molar-refractivity contribution is -0.274. The van der Waals surface area contributed by atoms with E-state index in [0.717, 1.165) is 50.9 Å². The van der Waals surface area contributed by atoms with Gasteiger partial charge < -0.3 is 19.7 Å². The summed E-state index contributed by atoms with van der Waals surface area (Å²) in [5.41, 5.74) is 3.97. The molecule has 0 aliphatic carbocycles. The minimum Gasteiger partial charge on any atom is -0.493 e. The maximum atomic E-state index is 12.8. The van der Waals surface area contributed by atoms with Gasteiger partial charge in [0.2, 0.25) is 5.91 Å². The molecule has 1 N–H and O–H groups in total. The number of nitrogens with zero attached hydrogens (tertiary/aromatic N) is 2. The Morgan fingerprint density at radius 1 is 1.00 bits per heavy atom. The van der Waals surface area contributed by atoms with Gasteiger partial charge in [0.15, 0.2) is 0 Å². The molecule has 2 aliphatic rings. The number of carbonyl (C=O) groups is 1. The number of nitrogens with one attached hydrogen (secondary N) is 1. The summed E-state index contributed by atoms with van der Waals surface area (Å²) in [6.45, 7) is 6.84. The molecule has 0 spiro atoms. The molecule has 2 bridgehead atoms. The highest BCUT2D eigenvalue weighted by Gasteiger charge is 2.41. The van der Waals surface area contributed by atoms with Crippen LogP contribution in [0.25, 0.3) is 0 Å². The highest BCUT2D eigenvalue weighted by atomic mass is 19.4. The monoisotopic (exact) mass is 547 g/mol. The second-order valence-electron chi connectivity index (χ2n) is 11.1. The number of hydrogen-bond acceptors (Lipinski definition) is 5. The molecule has 0 radical (unpaired) electrons. The largest absolute Gasteiger partial charge is 0.573 e. The smallest absolute Gasteiger partial charge is 0.493 e. The summed E-state index contributed by atoms with van der Waals surface area (Å²) in [6.07, 6.45) is -0.106. The summed E-state index contributed by atoms with van der Waals surface area (Å²) in [5, 5.41) is 3.08. The van der Waals surface area contributed by atoms with Gasteiger partial charge in [0.1, 0.15) is 11.5 Å². The summed E-state index contributed by atoms with van der Waals surface area (Å²) in [7, 11) is 4.12. The third-order valence-electron chi connectivity index (χ3n) is 8.01. The van der Waals surface area contributed by atoms with E-state index in [0.29, 0.717) is 18.7 Å². The summed E-state index contributed by atoms with van der Waals surface area (Å²) >= 11 is 0. The van der Waals surface area contributed by atoms with Crippen LogP contribution in [0.4, 0.5) is 13.2 Å². The van der Waals surface area contributed by atoms with Gasteiger partial charge in [-0.25, -0.2) is 0 Å². The van der Waals surface area contributed by atoms with Crippen LogP contribution in [0.5, 0.6) is 11.5 Å². The molecule has 2 aliphatic heterocycles. The molecule has 1 amide bonds. The number of benzene rings is 2. The molecule has 0 saturated carbocycles. The van der Waals surface area contributed by atoms with Gasteiger partial charge in [-0.3, -0.25) is 9.69 Å². The average Bonchev–Trinajstić information content (AvgIpc) is 3.08. The Balaban J connectivity index is 1.32. The fourth-order valence-electron chi connectivity index (χ4n) is 5.92. The molecule has 2 heterocycles. The number of amides is 1. The number of rotatable bonds is 11. The number of halogens is 3. The minimum absolute atomic E-state index is 0.0164. The van der Waals surface area contributed by atoms with Crippen LogP contribution in [0.3, 0.4) is 0 Å². The topological polar surface area (TPSA) is 54.0 Å². The summed E-state index contributed by atoms with van der Waals surface area (Å²) < 4.78 is 48.4. The quantitative estimate of drug-likeness (QED) is 0.383. The minimum atomic E-state index is -4.80. The Morgan fingerprint density at radius 2 is 1.69 bits per heavy atom. The van der Waals surface area contributed by atoms with E-state index >= 15 is 0 Å². The molecule has 2 saturated heterocycles. The molecule has 0 aromatic heterocycles. The van der Waals surface area contributed by atoms with Crippen molar-refractivity contribution in [3.63, 3.8) is 0 Å². The predicted octanol–water partition coefficient (Wildman–Crippen LogP) is 5.39. The Kier molecular flexibility index (Phi) is 9.43. The van der Waals surface area contributed by atoms with E-state index in [1.165, 1.54) is 34.9 Å². The Hall–Kier alpha value is -2.78. The zero-order chi connectivity index (χ0) is 28.2. The number of ether oxygens (including phenoxy) is 2. The first-order chi connectivity index (χ1) is 18.5. The van der Waals surface area contributed by atoms with Crippen LogP contribution >= 0.6 is 0 Å². The van der Waals surface area contributed by atoms with Crippen LogP contribution in [0, 0.1) is 13.8 Å². The molecule has 214 valence electrons. The van der Waals surface area contributed by atoms with Crippen LogP contribution in [0.15, 0.2) is 36.4 Å². The Morgan fingerprint density at radius 3 is 2.36 bits per heavy atom. The Bertz CT molecular complexity index is 1120. The fourth-order valence-corrected chi connectivity index (χ4v) is 5.92. The summed E-state index contributed by atoms with van der Waals surface area (Å²) in [4.78, 5) is 17.5. The molecule has 2 aromatic rings. The van der Waals surface area contributed by atoms with E-state index in [2.05, 4.69) is 59.9 Å². The zero-order valence-electron chi connectivity index (χ0n) is 23.3. The van der Waals surface area contributed by atoms with Gasteiger partial charge in [0.25, 0.3) is 0 Å². The highest BCUT2D eigenvalue weighted by Crippen LogP contribution is 2.38. The number of hydrogen-bond donors (Lipinski definition) is 1. The fraction of sp³-hybridized carbons (Fsp3) is 0.567. The van der Waals surface area contributed by atoms with E-state index < -0.39 is 6.36 Å². The molecule has 2 aromatic carbocycles. The van der Waals surface area contributed by atoms with Gasteiger partial charge in [-0.15, -0.1) is 13.2 Å². The van der Waals surface area contributed by atoms with Gasteiger partial charge in [-0.2, -0.15) is 0 Å². The number of alkyl halides is 3. The van der Waals surface area contributed by atoms with Crippen molar-refractivity contribution in [3.8, 4) is 11.5 Å². The molecule has 6 nitrogen and oxygen atoms in total. The molecule has 2 unspecified atom stereocenters. The molecule has 4 rings (SSSR count). The molecule has 3 atom stereocenters. The van der Waals surface area contributed by atoms with Crippen LogP contribution in [0.2, 0.25) is 0 Å². The van der Waals surface area contributed by atoms with E-state index in [1.54, 1.807) is 6.07 Å². The zero-order valence-corrected chi connectivity index (χ0v) is 23.3. The first-order valence-corrected chi connectivity index (χ1v) is 13.8. The number of fused-ring (bicyclic) bond motifs is 2. The summed E-state index contributed by atoms with van der Waals surface area (Å²) in [6, 6.07) is 10.8. The van der Waals surface area contributed by atoms with Crippen LogP contribution in [-0.4, -0.2) is 67.4 Å². The number of piperidine rings is 1. The molecule has 2 fully saturated rings. The van der Waals surface area contributed by atoms with Gasteiger partial charge in [0.05, 0.1) is 13.0 Å². The lowest BCUT2D eigenvalue weighted by Crippen LogP contribution is -2.50. The van der Waals surface area contributed by atoms with E-state index in [-0.39, 0.29) is 29.7 Å². The van der Waals surface area contributed by atoms with Crippen LogP contribution < -0.4 is 14.8 Å². The average molecular weight is 548 g/mol. The number of carbonyl (C=O) groups excluding carboxylic acids is 1. The van der Waals surface area contributed by atoms with E-state index in [9.17, 15) is 18.0 Å². The van der Waals surface area contributed by atoms with Crippen molar-refractivity contribution in [3.05, 3.63) is 58.7 Å². The molecular formula is C30H40F3N3O3. The third-order valence-corrected chi connectivity index (χ3v) is 8.01. The van der Waals surface area contributed by atoms with Gasteiger partial charge >= 0.3 is 6.36 Å². The second-order valence-corrected chi connectivity index (χ2v) is 11.1. The number of para-hydroxylation sites is 1. The SMILES string of the molecule is Cc1c(CN2C3CC[C@@H]2CC(NC(=O)Cc2ccccc2OC(F)(F)F)C3)ccc(OCCCN(C)C)c1C. The van der Waals surface area contributed by atoms with Gasteiger partial charge in [0, 0.05) is 36.8 Å². The van der Waals surface area contributed by atoms with Gasteiger partial charge in [-0.1, -0.05) is 24.3 Å². The third kappa shape index (κ3) is 7.88. The van der Waals surface area contributed by atoms with Crippen molar-refractivity contribution in [2.24, 2.45) is 0 Å². The van der Waals surface area contributed by atoms with Crippen molar-refractivity contribution in [2.75, 3.05) is 27.2 Å². The first-order valence-electron chi connectivity index (χ1n) is 13.8. The highest BCUT2D eigenvalue weighted by molar-refractivity contribution is 5.79. The molecular weight excluding hydrogens is 507 g/mol. The van der Waals surface area contributed by atoms with Crippen LogP contribution in [0.1, 0.15) is 54.4 Å². The van der Waals surface area contributed by atoms with Crippen molar-refractivity contribution in [1.29, 1.82) is 0 Å². The normalized spacial score (nSPS) is 21.3. The standard InChI is InChI=1S/C30H40F3N3O3/c1-20-21(2)27(38-15-7-14-35(3)4)13-10-23(20)19-36-25-11-12-26(36)18-24(17-25)34-29(37)16-22-8-5-6-9-28(22)39-30(31,32)33/h5-6,8-10,13,24-26H,7,11-12,14-19H2,1-4H3,(H,34,37)/t24?,25-,26?/m1/s1. The van der Waals surface area contributed by atoms with E-state index in [4.69, 9.17) is 4.74 Å². The molecule has 9 heteroatoms. The van der Waals surface area contributed by atoms with Crippen molar-refractivity contribution in [1.82, 2.24) is 15.1 Å². The summed E-state index contributed by atoms with van der Waals surface area (Å²) in [5.74, 6) is 0.339. The predicted molar refractivity (Wildman–Crippen MR) is 145 cm³/mol. The lowest BCUT2D eigenvalue weighted by atomic mass is 9.94.